The van der Waals surface area contributed by atoms with Crippen LogP contribution in [-0.2, 0) is 4.74 Å². The Labute approximate surface area is 107 Å². The Kier molecular flexibility index (Phi) is 5.46. The van der Waals surface area contributed by atoms with E-state index in [1.165, 1.54) is 0 Å². The van der Waals surface area contributed by atoms with E-state index in [4.69, 9.17) is 4.74 Å². The van der Waals surface area contributed by atoms with E-state index in [-0.39, 0.29) is 12.5 Å². The molecular weight excluding hydrogens is 297 g/mol. The lowest BCUT2D eigenvalue weighted by Gasteiger charge is -2.17. The van der Waals surface area contributed by atoms with Crippen LogP contribution < -0.4 is 0 Å². The summed E-state index contributed by atoms with van der Waals surface area (Å²) in [5.41, 5.74) is 2.08. The van der Waals surface area contributed by atoms with Crippen LogP contribution >= 0.6 is 15.9 Å². The van der Waals surface area contributed by atoms with Gasteiger partial charge in [-0.25, -0.2) is 0 Å². The maximum absolute atomic E-state index is 12.0. The summed E-state index contributed by atoms with van der Waals surface area (Å²) in [6.07, 6.45) is -4.26. The predicted molar refractivity (Wildman–Crippen MR) is 64.6 cm³/mol. The van der Waals surface area contributed by atoms with Crippen molar-refractivity contribution >= 4 is 15.9 Å². The molecule has 1 rings (SSSR count). The summed E-state index contributed by atoms with van der Waals surface area (Å²) in [6, 6.07) is 7.63. The molecule has 0 radical (unpaired) electrons. The lowest BCUT2D eigenvalue weighted by molar-refractivity contribution is -0.174. The van der Waals surface area contributed by atoms with Gasteiger partial charge in [-0.1, -0.05) is 40.2 Å². The monoisotopic (exact) mass is 310 g/mol. The van der Waals surface area contributed by atoms with Gasteiger partial charge in [0.1, 0.15) is 6.61 Å². The summed E-state index contributed by atoms with van der Waals surface area (Å²) in [5, 5.41) is 0.579. The van der Waals surface area contributed by atoms with Gasteiger partial charge in [0.25, 0.3) is 0 Å². The van der Waals surface area contributed by atoms with Crippen molar-refractivity contribution in [2.75, 3.05) is 18.5 Å². The topological polar surface area (TPSA) is 9.23 Å². The maximum Gasteiger partial charge on any atom is 0.411 e. The van der Waals surface area contributed by atoms with Crippen LogP contribution in [-0.4, -0.2) is 24.7 Å². The van der Waals surface area contributed by atoms with Crippen molar-refractivity contribution in [2.45, 2.75) is 19.0 Å². The average molecular weight is 311 g/mol. The van der Waals surface area contributed by atoms with Crippen molar-refractivity contribution in [2.24, 2.45) is 0 Å². The average Bonchev–Trinajstić information content (AvgIpc) is 2.24. The molecule has 1 aromatic carbocycles. The molecule has 0 saturated carbocycles. The molecule has 0 aliphatic heterocycles. The second-order valence-electron chi connectivity index (χ2n) is 3.84. The molecule has 0 heterocycles. The first-order chi connectivity index (χ1) is 7.94. The van der Waals surface area contributed by atoms with E-state index in [9.17, 15) is 13.2 Å². The Balaban J connectivity index is 2.58. The van der Waals surface area contributed by atoms with Crippen molar-refractivity contribution in [3.05, 3.63) is 35.4 Å². The largest absolute Gasteiger partial charge is 0.411 e. The summed E-state index contributed by atoms with van der Waals surface area (Å²) in [4.78, 5) is 0. The fraction of sp³-hybridized carbons (Fsp3) is 0.500. The molecule has 0 saturated heterocycles. The zero-order chi connectivity index (χ0) is 12.9. The normalized spacial score (nSPS) is 13.7. The van der Waals surface area contributed by atoms with Crippen LogP contribution in [0.1, 0.15) is 17.0 Å². The third kappa shape index (κ3) is 5.08. The number of aryl methyl sites for hydroxylation is 1. The summed E-state index contributed by atoms with van der Waals surface area (Å²) in [7, 11) is 0. The van der Waals surface area contributed by atoms with Gasteiger partial charge >= 0.3 is 6.18 Å². The van der Waals surface area contributed by atoms with E-state index >= 15 is 0 Å². The lowest BCUT2D eigenvalue weighted by atomic mass is 9.97. The Morgan fingerprint density at radius 3 is 2.47 bits per heavy atom. The molecule has 0 amide bonds. The Morgan fingerprint density at radius 2 is 1.94 bits per heavy atom. The highest BCUT2D eigenvalue weighted by Gasteiger charge is 2.28. The van der Waals surface area contributed by atoms with Crippen LogP contribution in [0.25, 0.3) is 0 Å². The van der Waals surface area contributed by atoms with Gasteiger partial charge in [-0.2, -0.15) is 13.2 Å². The van der Waals surface area contributed by atoms with E-state index in [0.717, 1.165) is 11.1 Å². The summed E-state index contributed by atoms with van der Waals surface area (Å²) >= 11 is 3.31. The van der Waals surface area contributed by atoms with Gasteiger partial charge in [0.15, 0.2) is 0 Å². The van der Waals surface area contributed by atoms with E-state index in [2.05, 4.69) is 15.9 Å². The Hall–Kier alpha value is -0.550. The van der Waals surface area contributed by atoms with Gasteiger partial charge in [-0.05, 0) is 18.1 Å². The third-order valence-corrected chi connectivity index (χ3v) is 3.18. The molecule has 0 spiro atoms. The van der Waals surface area contributed by atoms with Crippen molar-refractivity contribution in [1.29, 1.82) is 0 Å². The highest BCUT2D eigenvalue weighted by molar-refractivity contribution is 9.09. The second-order valence-corrected chi connectivity index (χ2v) is 4.49. The fourth-order valence-corrected chi connectivity index (χ4v) is 2.11. The van der Waals surface area contributed by atoms with Crippen molar-refractivity contribution in [3.63, 3.8) is 0 Å². The number of hydrogen-bond acceptors (Lipinski definition) is 1. The van der Waals surface area contributed by atoms with Crippen LogP contribution in [0.15, 0.2) is 24.3 Å². The quantitative estimate of drug-likeness (QED) is 0.745. The zero-order valence-corrected chi connectivity index (χ0v) is 11.0. The number of ether oxygens (including phenoxy) is 1. The smallest absolute Gasteiger partial charge is 0.371 e. The molecular formula is C12H14BrF3O. The molecule has 0 fully saturated rings. The minimum atomic E-state index is -4.26. The molecule has 1 nitrogen and oxygen atoms in total. The molecule has 0 aromatic heterocycles. The fourth-order valence-electron chi connectivity index (χ4n) is 1.58. The van der Waals surface area contributed by atoms with Gasteiger partial charge in [0.05, 0.1) is 6.61 Å². The molecule has 1 unspecified atom stereocenters. The van der Waals surface area contributed by atoms with E-state index in [1.54, 1.807) is 0 Å². The molecule has 96 valence electrons. The standard InChI is InChI=1S/C12H14BrF3O/c1-9-4-2-3-5-11(9)10(6-13)7-17-8-12(14,15)16/h2-5,10H,6-8H2,1H3. The second kappa shape index (κ2) is 6.40. The van der Waals surface area contributed by atoms with Crippen LogP contribution in [0.2, 0.25) is 0 Å². The van der Waals surface area contributed by atoms with Crippen molar-refractivity contribution in [1.82, 2.24) is 0 Å². The van der Waals surface area contributed by atoms with E-state index in [1.807, 2.05) is 31.2 Å². The highest BCUT2D eigenvalue weighted by atomic mass is 79.9. The molecule has 0 N–H and O–H groups in total. The zero-order valence-electron chi connectivity index (χ0n) is 9.43. The first-order valence-electron chi connectivity index (χ1n) is 5.20. The van der Waals surface area contributed by atoms with Crippen LogP contribution in [0.4, 0.5) is 13.2 Å². The van der Waals surface area contributed by atoms with E-state index in [0.29, 0.717) is 5.33 Å². The summed E-state index contributed by atoms with van der Waals surface area (Å²) < 4.78 is 40.6. The van der Waals surface area contributed by atoms with Crippen molar-refractivity contribution in [3.8, 4) is 0 Å². The molecule has 0 aliphatic carbocycles. The first-order valence-corrected chi connectivity index (χ1v) is 6.32. The molecule has 1 atom stereocenters. The lowest BCUT2D eigenvalue weighted by Crippen LogP contribution is -2.20. The number of rotatable bonds is 5. The third-order valence-electron chi connectivity index (χ3n) is 2.40. The molecule has 0 aliphatic rings. The number of hydrogen-bond donors (Lipinski definition) is 0. The van der Waals surface area contributed by atoms with Crippen molar-refractivity contribution < 1.29 is 17.9 Å². The number of halogens is 4. The Bertz CT molecular complexity index is 352. The van der Waals surface area contributed by atoms with Gasteiger partial charge in [0, 0.05) is 11.2 Å². The van der Waals surface area contributed by atoms with Crippen LogP contribution in [0.3, 0.4) is 0 Å². The number of benzene rings is 1. The van der Waals surface area contributed by atoms with Crippen LogP contribution in [0.5, 0.6) is 0 Å². The molecule has 5 heteroatoms. The first kappa shape index (κ1) is 14.5. The van der Waals surface area contributed by atoms with Gasteiger partial charge in [-0.15, -0.1) is 0 Å². The molecule has 1 aromatic rings. The summed E-state index contributed by atoms with van der Waals surface area (Å²) in [6.45, 7) is 0.812. The predicted octanol–water partition coefficient (Wildman–Crippen LogP) is 4.05. The Morgan fingerprint density at radius 1 is 1.29 bits per heavy atom. The molecule has 17 heavy (non-hydrogen) atoms. The van der Waals surface area contributed by atoms with Crippen LogP contribution in [0, 0.1) is 6.92 Å². The minimum absolute atomic E-state index is 0.0569. The van der Waals surface area contributed by atoms with Gasteiger partial charge < -0.3 is 4.74 Å². The number of alkyl halides is 4. The SMILES string of the molecule is Cc1ccccc1C(CBr)COCC(F)(F)F. The molecule has 0 bridgehead atoms. The van der Waals surface area contributed by atoms with Gasteiger partial charge in [-0.3, -0.25) is 0 Å². The minimum Gasteiger partial charge on any atom is -0.371 e. The van der Waals surface area contributed by atoms with E-state index < -0.39 is 12.8 Å². The maximum atomic E-state index is 12.0. The summed E-state index contributed by atoms with van der Waals surface area (Å²) in [5.74, 6) is -0.0569. The highest BCUT2D eigenvalue weighted by Crippen LogP contribution is 2.23. The van der Waals surface area contributed by atoms with Gasteiger partial charge in [0.2, 0.25) is 0 Å².